The molecule has 0 radical (unpaired) electrons. The summed E-state index contributed by atoms with van der Waals surface area (Å²) in [5.74, 6) is 0.853. The van der Waals surface area contributed by atoms with Gasteiger partial charge in [-0.05, 0) is 36.2 Å². The first-order valence-electron chi connectivity index (χ1n) is 6.55. The summed E-state index contributed by atoms with van der Waals surface area (Å²) in [5.41, 5.74) is 9.04. The predicted octanol–water partition coefficient (Wildman–Crippen LogP) is 3.70. The van der Waals surface area contributed by atoms with Crippen LogP contribution in [0.3, 0.4) is 0 Å². The largest absolute Gasteiger partial charge is 0.488 e. The van der Waals surface area contributed by atoms with Crippen molar-refractivity contribution in [3.63, 3.8) is 0 Å². The fraction of sp³-hybridized carbons (Fsp3) is 0.118. The monoisotopic (exact) mass is 264 g/mol. The smallest absolute Gasteiger partial charge is 0.127 e. The van der Waals surface area contributed by atoms with E-state index in [1.165, 1.54) is 0 Å². The van der Waals surface area contributed by atoms with Gasteiger partial charge in [0.25, 0.3) is 0 Å². The van der Waals surface area contributed by atoms with Crippen LogP contribution in [-0.4, -0.2) is 4.98 Å². The molecule has 0 aliphatic carbocycles. The number of benzene rings is 2. The Labute approximate surface area is 118 Å². The first-order valence-corrected chi connectivity index (χ1v) is 6.55. The first kappa shape index (κ1) is 12.5. The third kappa shape index (κ3) is 2.30. The van der Waals surface area contributed by atoms with E-state index in [0.29, 0.717) is 6.61 Å². The van der Waals surface area contributed by atoms with Crippen molar-refractivity contribution in [2.75, 3.05) is 5.73 Å². The second kappa shape index (κ2) is 5.21. The number of nitrogens with zero attached hydrogens (tertiary/aromatic N) is 1. The number of fused-ring (bicyclic) bond motifs is 1. The third-order valence-corrected chi connectivity index (χ3v) is 3.44. The molecule has 1 aromatic heterocycles. The molecule has 0 aliphatic rings. The summed E-state index contributed by atoms with van der Waals surface area (Å²) < 4.78 is 5.96. The van der Waals surface area contributed by atoms with Crippen LogP contribution in [0.2, 0.25) is 0 Å². The minimum absolute atomic E-state index is 0.530. The lowest BCUT2D eigenvalue weighted by atomic mass is 10.1. The van der Waals surface area contributed by atoms with Gasteiger partial charge in [-0.2, -0.15) is 0 Å². The number of aryl methyl sites for hydroxylation is 1. The highest BCUT2D eigenvalue weighted by Crippen LogP contribution is 2.30. The molecule has 1 heterocycles. The van der Waals surface area contributed by atoms with Crippen LogP contribution < -0.4 is 10.5 Å². The van der Waals surface area contributed by atoms with Crippen LogP contribution in [0.25, 0.3) is 10.8 Å². The van der Waals surface area contributed by atoms with Crippen LogP contribution in [0.5, 0.6) is 5.75 Å². The highest BCUT2D eigenvalue weighted by Gasteiger charge is 2.05. The van der Waals surface area contributed by atoms with E-state index in [1.807, 2.05) is 55.6 Å². The van der Waals surface area contributed by atoms with Crippen LogP contribution in [0.1, 0.15) is 11.1 Å². The van der Waals surface area contributed by atoms with E-state index in [9.17, 15) is 0 Å². The SMILES string of the molecule is Cc1cnccc1COc1ccc(N)c2ccccc12. The van der Waals surface area contributed by atoms with Gasteiger partial charge in [-0.3, -0.25) is 4.98 Å². The van der Waals surface area contributed by atoms with E-state index in [4.69, 9.17) is 10.5 Å². The number of rotatable bonds is 3. The molecule has 2 N–H and O–H groups in total. The van der Waals surface area contributed by atoms with Gasteiger partial charge in [0.2, 0.25) is 0 Å². The lowest BCUT2D eigenvalue weighted by Gasteiger charge is -2.12. The molecule has 3 rings (SSSR count). The van der Waals surface area contributed by atoms with Crippen LogP contribution in [0, 0.1) is 6.92 Å². The van der Waals surface area contributed by atoms with E-state index < -0.39 is 0 Å². The van der Waals surface area contributed by atoms with Gasteiger partial charge < -0.3 is 10.5 Å². The van der Waals surface area contributed by atoms with Crippen molar-refractivity contribution < 1.29 is 4.74 Å². The zero-order chi connectivity index (χ0) is 13.9. The predicted molar refractivity (Wildman–Crippen MR) is 81.7 cm³/mol. The van der Waals surface area contributed by atoms with E-state index in [0.717, 1.165) is 33.3 Å². The van der Waals surface area contributed by atoms with Gasteiger partial charge in [0.05, 0.1) is 0 Å². The molecule has 2 aromatic carbocycles. The van der Waals surface area contributed by atoms with Gasteiger partial charge in [-0.1, -0.05) is 24.3 Å². The molecule has 3 aromatic rings. The Morgan fingerprint density at radius 2 is 1.85 bits per heavy atom. The lowest BCUT2D eigenvalue weighted by molar-refractivity contribution is 0.309. The molecule has 0 saturated heterocycles. The van der Waals surface area contributed by atoms with Gasteiger partial charge in [0, 0.05) is 28.9 Å². The molecule has 3 nitrogen and oxygen atoms in total. The van der Waals surface area contributed by atoms with Gasteiger partial charge in [0.1, 0.15) is 12.4 Å². The number of hydrogen-bond acceptors (Lipinski definition) is 3. The molecule has 0 atom stereocenters. The number of hydrogen-bond donors (Lipinski definition) is 1. The molecule has 100 valence electrons. The van der Waals surface area contributed by atoms with Crippen molar-refractivity contribution in [3.8, 4) is 5.75 Å². The van der Waals surface area contributed by atoms with Crippen molar-refractivity contribution >= 4 is 16.5 Å². The summed E-state index contributed by atoms with van der Waals surface area (Å²) in [5, 5.41) is 2.07. The van der Waals surface area contributed by atoms with Gasteiger partial charge in [0.15, 0.2) is 0 Å². The Balaban J connectivity index is 1.92. The molecule has 20 heavy (non-hydrogen) atoms. The first-order chi connectivity index (χ1) is 9.75. The molecule has 0 aliphatic heterocycles. The third-order valence-electron chi connectivity index (χ3n) is 3.44. The van der Waals surface area contributed by atoms with Crippen LogP contribution in [0.4, 0.5) is 5.69 Å². The Kier molecular flexibility index (Phi) is 3.25. The lowest BCUT2D eigenvalue weighted by Crippen LogP contribution is -1.99. The number of nitrogen functional groups attached to an aromatic ring is 1. The van der Waals surface area contributed by atoms with Gasteiger partial charge in [-0.15, -0.1) is 0 Å². The summed E-state index contributed by atoms with van der Waals surface area (Å²) in [4.78, 5) is 4.09. The number of anilines is 1. The second-order valence-corrected chi connectivity index (χ2v) is 4.79. The molecule has 0 fully saturated rings. The van der Waals surface area contributed by atoms with Crippen LogP contribution >= 0.6 is 0 Å². The highest BCUT2D eigenvalue weighted by molar-refractivity contribution is 5.96. The summed E-state index contributed by atoms with van der Waals surface area (Å²) >= 11 is 0. The molecular weight excluding hydrogens is 248 g/mol. The Hall–Kier alpha value is -2.55. The Morgan fingerprint density at radius 3 is 2.65 bits per heavy atom. The normalized spacial score (nSPS) is 10.7. The average Bonchev–Trinajstić information content (AvgIpc) is 2.48. The van der Waals surface area contributed by atoms with Crippen LogP contribution in [0.15, 0.2) is 54.9 Å². The number of aromatic nitrogens is 1. The van der Waals surface area contributed by atoms with E-state index >= 15 is 0 Å². The highest BCUT2D eigenvalue weighted by atomic mass is 16.5. The van der Waals surface area contributed by atoms with Crippen molar-refractivity contribution in [2.24, 2.45) is 0 Å². The number of pyridine rings is 1. The van der Waals surface area contributed by atoms with Crippen molar-refractivity contribution in [3.05, 3.63) is 66.0 Å². The van der Waals surface area contributed by atoms with Gasteiger partial charge in [-0.25, -0.2) is 0 Å². The van der Waals surface area contributed by atoms with Crippen molar-refractivity contribution in [1.82, 2.24) is 4.98 Å². The maximum absolute atomic E-state index is 5.99. The summed E-state index contributed by atoms with van der Waals surface area (Å²) in [7, 11) is 0. The molecule has 0 saturated carbocycles. The molecule has 0 amide bonds. The average molecular weight is 264 g/mol. The second-order valence-electron chi connectivity index (χ2n) is 4.79. The van der Waals surface area contributed by atoms with E-state index in [1.54, 1.807) is 6.20 Å². The molecule has 0 bridgehead atoms. The standard InChI is InChI=1S/C17H16N2O/c1-12-10-19-9-8-13(12)11-20-17-7-6-16(18)14-4-2-3-5-15(14)17/h2-10H,11,18H2,1H3. The van der Waals surface area contributed by atoms with Gasteiger partial charge >= 0.3 is 0 Å². The summed E-state index contributed by atoms with van der Waals surface area (Å²) in [6, 6.07) is 13.8. The maximum Gasteiger partial charge on any atom is 0.127 e. The zero-order valence-electron chi connectivity index (χ0n) is 11.3. The summed E-state index contributed by atoms with van der Waals surface area (Å²) in [6.45, 7) is 2.56. The Morgan fingerprint density at radius 1 is 1.05 bits per heavy atom. The zero-order valence-corrected chi connectivity index (χ0v) is 11.3. The minimum atomic E-state index is 0.530. The number of nitrogens with two attached hydrogens (primary N) is 1. The quantitative estimate of drug-likeness (QED) is 0.734. The fourth-order valence-corrected chi connectivity index (χ4v) is 2.24. The van der Waals surface area contributed by atoms with Crippen LogP contribution in [-0.2, 0) is 6.61 Å². The molecule has 3 heteroatoms. The maximum atomic E-state index is 5.99. The Bertz CT molecular complexity index is 753. The van der Waals surface area contributed by atoms with E-state index in [-0.39, 0.29) is 0 Å². The fourth-order valence-electron chi connectivity index (χ4n) is 2.24. The van der Waals surface area contributed by atoms with E-state index in [2.05, 4.69) is 4.98 Å². The van der Waals surface area contributed by atoms with Crippen molar-refractivity contribution in [1.29, 1.82) is 0 Å². The topological polar surface area (TPSA) is 48.1 Å². The molecule has 0 spiro atoms. The van der Waals surface area contributed by atoms with Crippen molar-refractivity contribution in [2.45, 2.75) is 13.5 Å². The number of ether oxygens (including phenoxy) is 1. The summed E-state index contributed by atoms with van der Waals surface area (Å²) in [6.07, 6.45) is 3.63. The molecular formula is C17H16N2O. The molecule has 0 unspecified atom stereocenters. The minimum Gasteiger partial charge on any atom is -0.488 e.